The Morgan fingerprint density at radius 3 is 2.26 bits per heavy atom. The van der Waals surface area contributed by atoms with E-state index in [0.717, 1.165) is 5.56 Å². The van der Waals surface area contributed by atoms with Gasteiger partial charge in [0.2, 0.25) is 17.7 Å². The Balaban J connectivity index is 1.61. The molecule has 188 valence electrons. The van der Waals surface area contributed by atoms with E-state index in [1.165, 1.54) is 24.3 Å². The average Bonchev–Trinajstić information content (AvgIpc) is 2.84. The Bertz CT molecular complexity index is 989. The fraction of sp³-hybridized carbons (Fsp3) is 0.444. The Kier molecular flexibility index (Phi) is 9.37. The Morgan fingerprint density at radius 1 is 1.03 bits per heavy atom. The van der Waals surface area contributed by atoms with E-state index in [-0.39, 0.29) is 23.6 Å². The van der Waals surface area contributed by atoms with E-state index in [4.69, 9.17) is 5.73 Å². The molecule has 0 unspecified atom stereocenters. The van der Waals surface area contributed by atoms with Crippen LogP contribution >= 0.6 is 0 Å². The van der Waals surface area contributed by atoms with Crippen LogP contribution in [0.5, 0.6) is 0 Å². The fourth-order valence-electron chi connectivity index (χ4n) is 4.32. The molecule has 2 aromatic carbocycles. The zero-order valence-electron chi connectivity index (χ0n) is 20.4. The Labute approximate surface area is 206 Å². The van der Waals surface area contributed by atoms with Gasteiger partial charge < -0.3 is 21.3 Å². The van der Waals surface area contributed by atoms with E-state index in [2.05, 4.69) is 10.6 Å². The second-order valence-corrected chi connectivity index (χ2v) is 9.58. The first-order valence-corrected chi connectivity index (χ1v) is 12.2. The smallest absolute Gasteiger partial charge is 0.247 e. The van der Waals surface area contributed by atoms with Crippen LogP contribution in [-0.2, 0) is 20.8 Å². The van der Waals surface area contributed by atoms with E-state index in [1.807, 2.05) is 44.2 Å². The number of anilines is 1. The predicted octanol–water partition coefficient (Wildman–Crippen LogP) is 3.10. The minimum atomic E-state index is -0.797. The zero-order valence-corrected chi connectivity index (χ0v) is 20.4. The summed E-state index contributed by atoms with van der Waals surface area (Å²) in [6, 6.07) is 13.6. The topological polar surface area (TPSA) is 105 Å². The summed E-state index contributed by atoms with van der Waals surface area (Å²) in [4.78, 5) is 40.5. The number of amides is 3. The summed E-state index contributed by atoms with van der Waals surface area (Å²) in [5.41, 5.74) is 7.41. The minimum absolute atomic E-state index is 0.0711. The molecule has 0 bridgehead atoms. The number of piperidine rings is 1. The molecule has 8 heteroatoms. The summed E-state index contributed by atoms with van der Waals surface area (Å²) in [5.74, 6) is -1.01. The molecule has 1 fully saturated rings. The number of rotatable bonds is 9. The summed E-state index contributed by atoms with van der Waals surface area (Å²) in [7, 11) is 0. The van der Waals surface area contributed by atoms with E-state index < -0.39 is 17.9 Å². The van der Waals surface area contributed by atoms with Gasteiger partial charge in [0.1, 0.15) is 11.9 Å². The summed E-state index contributed by atoms with van der Waals surface area (Å²) >= 11 is 0. The highest BCUT2D eigenvalue weighted by Gasteiger charge is 2.31. The van der Waals surface area contributed by atoms with Crippen molar-refractivity contribution in [3.05, 3.63) is 66.0 Å². The highest BCUT2D eigenvalue weighted by Crippen LogP contribution is 2.20. The molecule has 1 heterocycles. The number of benzene rings is 2. The Morgan fingerprint density at radius 2 is 1.66 bits per heavy atom. The van der Waals surface area contributed by atoms with E-state index in [1.54, 1.807) is 4.90 Å². The number of carbonyl (C=O) groups is 3. The SMILES string of the molecule is CC(C)C[C@H](N)C(=O)N1CCC(C(=O)N[C@@H](Cc2ccccc2)C(=O)Nc2ccc(F)cc2)CC1. The highest BCUT2D eigenvalue weighted by atomic mass is 19.1. The molecular weight excluding hydrogens is 447 g/mol. The summed E-state index contributed by atoms with van der Waals surface area (Å²) < 4.78 is 13.2. The zero-order chi connectivity index (χ0) is 25.4. The maximum absolute atomic E-state index is 13.2. The fourth-order valence-corrected chi connectivity index (χ4v) is 4.32. The molecule has 1 saturated heterocycles. The van der Waals surface area contributed by atoms with Gasteiger partial charge in [-0.3, -0.25) is 14.4 Å². The number of hydrogen-bond donors (Lipinski definition) is 3. The van der Waals surface area contributed by atoms with Crippen LogP contribution in [0.4, 0.5) is 10.1 Å². The molecule has 2 aromatic rings. The van der Waals surface area contributed by atoms with Crippen LogP contribution in [0.3, 0.4) is 0 Å². The van der Waals surface area contributed by atoms with Crippen molar-refractivity contribution in [1.29, 1.82) is 0 Å². The molecule has 7 nitrogen and oxygen atoms in total. The van der Waals surface area contributed by atoms with Crippen LogP contribution in [0, 0.1) is 17.7 Å². The van der Waals surface area contributed by atoms with E-state index in [0.29, 0.717) is 50.4 Å². The molecule has 3 amide bonds. The van der Waals surface area contributed by atoms with Crippen molar-refractivity contribution in [2.75, 3.05) is 18.4 Å². The third-order valence-electron chi connectivity index (χ3n) is 6.25. The molecule has 3 rings (SSSR count). The van der Waals surface area contributed by atoms with Crippen molar-refractivity contribution in [3.8, 4) is 0 Å². The van der Waals surface area contributed by atoms with Gasteiger partial charge in [0, 0.05) is 31.1 Å². The first-order valence-electron chi connectivity index (χ1n) is 12.2. The third-order valence-corrected chi connectivity index (χ3v) is 6.25. The van der Waals surface area contributed by atoms with Crippen LogP contribution in [-0.4, -0.2) is 47.8 Å². The van der Waals surface area contributed by atoms with E-state index >= 15 is 0 Å². The van der Waals surface area contributed by atoms with Crippen molar-refractivity contribution in [2.45, 2.75) is 51.6 Å². The van der Waals surface area contributed by atoms with Crippen LogP contribution in [0.2, 0.25) is 0 Å². The lowest BCUT2D eigenvalue weighted by atomic mass is 9.94. The van der Waals surface area contributed by atoms with Crippen molar-refractivity contribution in [2.24, 2.45) is 17.6 Å². The molecule has 2 atom stereocenters. The number of nitrogens with zero attached hydrogens (tertiary/aromatic N) is 1. The normalized spacial score (nSPS) is 16.0. The lowest BCUT2D eigenvalue weighted by molar-refractivity contribution is -0.137. The molecule has 1 aliphatic rings. The van der Waals surface area contributed by atoms with Gasteiger partial charge in [-0.1, -0.05) is 44.2 Å². The predicted molar refractivity (Wildman–Crippen MR) is 134 cm³/mol. The lowest BCUT2D eigenvalue weighted by Crippen LogP contribution is -2.51. The summed E-state index contributed by atoms with van der Waals surface area (Å²) in [6.07, 6.45) is 1.98. The van der Waals surface area contributed by atoms with Gasteiger partial charge in [-0.05, 0) is 55.0 Å². The van der Waals surface area contributed by atoms with Crippen LogP contribution in [0.1, 0.15) is 38.7 Å². The molecule has 0 spiro atoms. The van der Waals surface area contributed by atoms with Gasteiger partial charge in [0.05, 0.1) is 6.04 Å². The number of nitrogens with one attached hydrogen (secondary N) is 2. The standard InChI is InChI=1S/C27H35FN4O3/c1-18(2)16-23(29)27(35)32-14-12-20(13-15-32)25(33)31-24(17-19-6-4-3-5-7-19)26(34)30-22-10-8-21(28)9-11-22/h3-11,18,20,23-24H,12-17,29H2,1-2H3,(H,30,34)(H,31,33)/t23-,24-/m0/s1. The molecular formula is C27H35FN4O3. The first-order chi connectivity index (χ1) is 16.7. The number of nitrogens with two attached hydrogens (primary N) is 1. The molecule has 0 radical (unpaired) electrons. The highest BCUT2D eigenvalue weighted by molar-refractivity contribution is 5.97. The number of likely N-dealkylation sites (tertiary alicyclic amines) is 1. The van der Waals surface area contributed by atoms with Crippen molar-refractivity contribution < 1.29 is 18.8 Å². The van der Waals surface area contributed by atoms with Crippen LogP contribution in [0.25, 0.3) is 0 Å². The monoisotopic (exact) mass is 482 g/mol. The van der Waals surface area contributed by atoms with Crippen LogP contribution < -0.4 is 16.4 Å². The third kappa shape index (κ3) is 7.89. The molecule has 4 N–H and O–H groups in total. The Hall–Kier alpha value is -3.26. The maximum atomic E-state index is 13.2. The van der Waals surface area contributed by atoms with Gasteiger partial charge in [-0.15, -0.1) is 0 Å². The van der Waals surface area contributed by atoms with E-state index in [9.17, 15) is 18.8 Å². The van der Waals surface area contributed by atoms with Crippen molar-refractivity contribution in [1.82, 2.24) is 10.2 Å². The quantitative estimate of drug-likeness (QED) is 0.511. The number of halogens is 1. The summed E-state index contributed by atoms with van der Waals surface area (Å²) in [6.45, 7) is 4.99. The molecule has 35 heavy (non-hydrogen) atoms. The summed E-state index contributed by atoms with van der Waals surface area (Å²) in [5, 5.41) is 5.67. The maximum Gasteiger partial charge on any atom is 0.247 e. The van der Waals surface area contributed by atoms with Crippen molar-refractivity contribution in [3.63, 3.8) is 0 Å². The molecule has 0 aromatic heterocycles. The van der Waals surface area contributed by atoms with Gasteiger partial charge >= 0.3 is 0 Å². The van der Waals surface area contributed by atoms with Crippen LogP contribution in [0.15, 0.2) is 54.6 Å². The lowest BCUT2D eigenvalue weighted by Gasteiger charge is -2.33. The van der Waals surface area contributed by atoms with Gasteiger partial charge in [-0.25, -0.2) is 4.39 Å². The largest absolute Gasteiger partial charge is 0.344 e. The second kappa shape index (κ2) is 12.4. The number of carbonyl (C=O) groups excluding carboxylic acids is 3. The first kappa shape index (κ1) is 26.3. The van der Waals surface area contributed by atoms with Gasteiger partial charge in [-0.2, -0.15) is 0 Å². The number of hydrogen-bond acceptors (Lipinski definition) is 4. The average molecular weight is 483 g/mol. The minimum Gasteiger partial charge on any atom is -0.344 e. The molecule has 1 aliphatic heterocycles. The van der Waals surface area contributed by atoms with Gasteiger partial charge in [0.15, 0.2) is 0 Å². The second-order valence-electron chi connectivity index (χ2n) is 9.58. The van der Waals surface area contributed by atoms with Gasteiger partial charge in [0.25, 0.3) is 0 Å². The molecule has 0 aliphatic carbocycles. The molecule has 0 saturated carbocycles. The van der Waals surface area contributed by atoms with Crippen molar-refractivity contribution >= 4 is 23.4 Å².